The van der Waals surface area contributed by atoms with Crippen LogP contribution in [-0.4, -0.2) is 28.5 Å². The Kier molecular flexibility index (Phi) is 4.89. The molecule has 2 aromatic carbocycles. The number of hydrogen-bond donors (Lipinski definition) is 1. The molecule has 0 saturated carbocycles. The molecule has 126 valence electrons. The first-order valence-corrected chi connectivity index (χ1v) is 7.71. The van der Waals surface area contributed by atoms with Crippen molar-refractivity contribution >= 4 is 11.9 Å². The molecule has 25 heavy (non-hydrogen) atoms. The lowest BCUT2D eigenvalue weighted by molar-refractivity contribution is 0.0600. The number of hydrogen-bond acceptors (Lipinski definition) is 4. The largest absolute Gasteiger partial charge is 0.465 e. The lowest BCUT2D eigenvalue weighted by Crippen LogP contribution is -2.22. The highest BCUT2D eigenvalue weighted by Gasteiger charge is 2.07. The molecule has 0 aliphatic heterocycles. The van der Waals surface area contributed by atoms with E-state index in [1.54, 1.807) is 48.9 Å². The van der Waals surface area contributed by atoms with E-state index in [1.165, 1.54) is 7.11 Å². The van der Waals surface area contributed by atoms with E-state index in [0.29, 0.717) is 17.7 Å². The molecule has 1 aromatic heterocycles. The van der Waals surface area contributed by atoms with E-state index < -0.39 is 0 Å². The molecule has 0 saturated heterocycles. The second-order valence-electron chi connectivity index (χ2n) is 5.39. The molecule has 3 aromatic rings. The number of esters is 1. The topological polar surface area (TPSA) is 73.2 Å². The summed E-state index contributed by atoms with van der Waals surface area (Å²) in [6.07, 6.45) is 5.24. The van der Waals surface area contributed by atoms with Crippen LogP contribution in [0.1, 0.15) is 26.3 Å². The van der Waals surface area contributed by atoms with Gasteiger partial charge in [-0.3, -0.25) is 4.79 Å². The van der Waals surface area contributed by atoms with E-state index in [0.717, 1.165) is 11.3 Å². The minimum atomic E-state index is -0.381. The van der Waals surface area contributed by atoms with Crippen LogP contribution in [0.3, 0.4) is 0 Å². The number of benzene rings is 2. The molecule has 0 fully saturated rings. The number of amides is 1. The fourth-order valence-corrected chi connectivity index (χ4v) is 2.36. The van der Waals surface area contributed by atoms with Gasteiger partial charge in [-0.2, -0.15) is 0 Å². The van der Waals surface area contributed by atoms with Gasteiger partial charge in [-0.05, 0) is 42.0 Å². The molecular formula is C19H17N3O3. The van der Waals surface area contributed by atoms with Crippen molar-refractivity contribution in [1.29, 1.82) is 0 Å². The number of nitrogens with one attached hydrogen (secondary N) is 1. The van der Waals surface area contributed by atoms with Crippen LogP contribution in [0.25, 0.3) is 5.69 Å². The maximum atomic E-state index is 12.2. The number of carbonyl (C=O) groups is 2. The van der Waals surface area contributed by atoms with E-state index in [4.69, 9.17) is 0 Å². The van der Waals surface area contributed by atoms with Gasteiger partial charge in [0.2, 0.25) is 0 Å². The van der Waals surface area contributed by atoms with Crippen LogP contribution in [0.5, 0.6) is 0 Å². The number of ether oxygens (including phenoxy) is 1. The first-order chi connectivity index (χ1) is 12.2. The first kappa shape index (κ1) is 16.4. The van der Waals surface area contributed by atoms with Crippen LogP contribution in [-0.2, 0) is 11.3 Å². The van der Waals surface area contributed by atoms with Crippen LogP contribution < -0.4 is 5.32 Å². The average molecular weight is 335 g/mol. The Bertz CT molecular complexity index is 854. The zero-order valence-electron chi connectivity index (χ0n) is 13.7. The second kappa shape index (κ2) is 7.44. The summed E-state index contributed by atoms with van der Waals surface area (Å²) in [5.74, 6) is -0.539. The molecule has 0 radical (unpaired) electrons. The van der Waals surface area contributed by atoms with Gasteiger partial charge in [0.05, 0.1) is 19.0 Å². The van der Waals surface area contributed by atoms with E-state index in [9.17, 15) is 9.59 Å². The summed E-state index contributed by atoms with van der Waals surface area (Å²) in [4.78, 5) is 27.6. The molecule has 6 nitrogen and oxygen atoms in total. The summed E-state index contributed by atoms with van der Waals surface area (Å²) in [7, 11) is 1.34. The minimum absolute atomic E-state index is 0.158. The van der Waals surface area contributed by atoms with Crippen molar-refractivity contribution in [2.45, 2.75) is 6.54 Å². The monoisotopic (exact) mass is 335 g/mol. The van der Waals surface area contributed by atoms with Crippen LogP contribution in [0.15, 0.2) is 67.3 Å². The standard InChI is InChI=1S/C19H17N3O3/c1-25-19(24)16-4-2-14(3-5-16)12-21-18(23)15-6-8-17(9-7-15)22-11-10-20-13-22/h2-11,13H,12H2,1H3,(H,21,23). The number of aromatic nitrogens is 2. The maximum Gasteiger partial charge on any atom is 0.337 e. The van der Waals surface area contributed by atoms with E-state index in [1.807, 2.05) is 22.9 Å². The van der Waals surface area contributed by atoms with Gasteiger partial charge in [0.15, 0.2) is 0 Å². The van der Waals surface area contributed by atoms with Crippen molar-refractivity contribution in [1.82, 2.24) is 14.9 Å². The number of rotatable bonds is 5. The lowest BCUT2D eigenvalue weighted by atomic mass is 10.1. The molecule has 1 N–H and O–H groups in total. The molecule has 0 aliphatic carbocycles. The summed E-state index contributed by atoms with van der Waals surface area (Å²) in [6.45, 7) is 0.379. The Morgan fingerprint density at radius 2 is 1.72 bits per heavy atom. The van der Waals surface area contributed by atoms with E-state index >= 15 is 0 Å². The Labute approximate surface area is 145 Å². The minimum Gasteiger partial charge on any atom is -0.465 e. The second-order valence-corrected chi connectivity index (χ2v) is 5.39. The fraction of sp³-hybridized carbons (Fsp3) is 0.105. The highest BCUT2D eigenvalue weighted by atomic mass is 16.5. The van der Waals surface area contributed by atoms with Crippen molar-refractivity contribution in [3.8, 4) is 5.69 Å². The summed E-state index contributed by atoms with van der Waals surface area (Å²) in [5.41, 5.74) is 2.89. The summed E-state index contributed by atoms with van der Waals surface area (Å²) < 4.78 is 6.52. The Morgan fingerprint density at radius 1 is 1.04 bits per heavy atom. The summed E-state index contributed by atoms with van der Waals surface area (Å²) in [6, 6.07) is 14.2. The summed E-state index contributed by atoms with van der Waals surface area (Å²) in [5, 5.41) is 2.86. The molecule has 0 spiro atoms. The van der Waals surface area contributed by atoms with Crippen molar-refractivity contribution in [3.63, 3.8) is 0 Å². The van der Waals surface area contributed by atoms with Gasteiger partial charge >= 0.3 is 5.97 Å². The number of imidazole rings is 1. The van der Waals surface area contributed by atoms with Crippen molar-refractivity contribution < 1.29 is 14.3 Å². The molecule has 1 amide bonds. The lowest BCUT2D eigenvalue weighted by Gasteiger charge is -2.07. The van der Waals surface area contributed by atoms with E-state index in [-0.39, 0.29) is 11.9 Å². The Hall–Kier alpha value is -3.41. The van der Waals surface area contributed by atoms with Crippen LogP contribution in [0.2, 0.25) is 0 Å². The van der Waals surface area contributed by atoms with Crippen LogP contribution in [0.4, 0.5) is 0 Å². The zero-order valence-corrected chi connectivity index (χ0v) is 13.7. The normalized spacial score (nSPS) is 10.3. The van der Waals surface area contributed by atoms with Gasteiger partial charge in [-0.1, -0.05) is 12.1 Å². The van der Waals surface area contributed by atoms with Crippen molar-refractivity contribution in [3.05, 3.63) is 83.9 Å². The molecule has 1 heterocycles. The number of carbonyl (C=O) groups excluding carboxylic acids is 2. The maximum absolute atomic E-state index is 12.2. The molecule has 0 unspecified atom stereocenters. The zero-order chi connectivity index (χ0) is 17.6. The highest BCUT2D eigenvalue weighted by molar-refractivity contribution is 5.94. The number of nitrogens with zero attached hydrogens (tertiary/aromatic N) is 2. The number of methoxy groups -OCH3 is 1. The van der Waals surface area contributed by atoms with Gasteiger partial charge in [-0.15, -0.1) is 0 Å². The quantitative estimate of drug-likeness (QED) is 0.727. The molecule has 0 aliphatic rings. The smallest absolute Gasteiger partial charge is 0.337 e. The third-order valence-corrected chi connectivity index (χ3v) is 3.76. The van der Waals surface area contributed by atoms with Gasteiger partial charge < -0.3 is 14.6 Å². The van der Waals surface area contributed by atoms with Gasteiger partial charge in [0.1, 0.15) is 0 Å². The Morgan fingerprint density at radius 3 is 2.32 bits per heavy atom. The Balaban J connectivity index is 1.60. The molecular weight excluding hydrogens is 318 g/mol. The van der Waals surface area contributed by atoms with E-state index in [2.05, 4.69) is 15.0 Å². The van der Waals surface area contributed by atoms with Gasteiger partial charge in [-0.25, -0.2) is 9.78 Å². The molecule has 0 bridgehead atoms. The molecule has 0 atom stereocenters. The van der Waals surface area contributed by atoms with Crippen LogP contribution >= 0.6 is 0 Å². The van der Waals surface area contributed by atoms with Gasteiger partial charge in [0, 0.05) is 30.2 Å². The SMILES string of the molecule is COC(=O)c1ccc(CNC(=O)c2ccc(-n3ccnc3)cc2)cc1. The van der Waals surface area contributed by atoms with Crippen molar-refractivity contribution in [2.75, 3.05) is 7.11 Å². The average Bonchev–Trinajstić information content (AvgIpc) is 3.21. The van der Waals surface area contributed by atoms with Crippen molar-refractivity contribution in [2.24, 2.45) is 0 Å². The molecule has 6 heteroatoms. The fourth-order valence-electron chi connectivity index (χ4n) is 2.36. The summed E-state index contributed by atoms with van der Waals surface area (Å²) >= 11 is 0. The predicted octanol–water partition coefficient (Wildman–Crippen LogP) is 2.59. The first-order valence-electron chi connectivity index (χ1n) is 7.71. The third-order valence-electron chi connectivity index (χ3n) is 3.76. The van der Waals surface area contributed by atoms with Crippen LogP contribution in [0, 0.1) is 0 Å². The predicted molar refractivity (Wildman–Crippen MR) is 92.5 cm³/mol. The van der Waals surface area contributed by atoms with Gasteiger partial charge in [0.25, 0.3) is 5.91 Å². The molecule has 3 rings (SSSR count). The highest BCUT2D eigenvalue weighted by Crippen LogP contribution is 2.10. The third kappa shape index (κ3) is 3.92.